The molecule has 2 rings (SSSR count). The van der Waals surface area contributed by atoms with Crippen LogP contribution in [0.3, 0.4) is 0 Å². The van der Waals surface area contributed by atoms with Crippen molar-refractivity contribution in [1.29, 1.82) is 0 Å². The molecule has 0 saturated heterocycles. The summed E-state index contributed by atoms with van der Waals surface area (Å²) in [5.41, 5.74) is 1.75. The average Bonchev–Trinajstić information content (AvgIpc) is 2.61. The minimum absolute atomic E-state index is 0.388. The Morgan fingerprint density at radius 2 is 1.39 bits per heavy atom. The van der Waals surface area contributed by atoms with Gasteiger partial charge in [-0.05, 0) is 0 Å². The molecule has 0 spiro atoms. The predicted octanol–water partition coefficient (Wildman–Crippen LogP) is 3.99. The van der Waals surface area contributed by atoms with Crippen LogP contribution in [0.15, 0.2) is 73.3 Å². The molecule has 0 aromatic heterocycles. The molecular weight excluding hydrogens is 348 g/mol. The molecule has 1 atom stereocenters. The fraction of sp³-hybridized carbons (Fsp3) is 0.375. The van der Waals surface area contributed by atoms with Crippen LogP contribution < -0.4 is 0 Å². The maximum absolute atomic E-state index is 12.2. The van der Waals surface area contributed by atoms with E-state index in [2.05, 4.69) is 71.2 Å². The smallest absolute Gasteiger partial charge is 0.335 e. The molecule has 2 aromatic carbocycles. The zero-order valence-corrected chi connectivity index (χ0v) is 17.9. The highest BCUT2D eigenvalue weighted by molar-refractivity contribution is 5.81. The number of nitrogens with zero attached hydrogens (tertiary/aromatic N) is 2. The van der Waals surface area contributed by atoms with E-state index >= 15 is 0 Å². The molecule has 4 heteroatoms. The lowest BCUT2D eigenvalue weighted by molar-refractivity contribution is -1.02. The van der Waals surface area contributed by atoms with Crippen molar-refractivity contribution in [3.63, 3.8) is 0 Å². The van der Waals surface area contributed by atoms with Crippen LogP contribution in [-0.2, 0) is 22.6 Å². The van der Waals surface area contributed by atoms with Crippen molar-refractivity contribution in [3.8, 4) is 0 Å². The van der Waals surface area contributed by atoms with Gasteiger partial charge in [-0.1, -0.05) is 67.2 Å². The zero-order chi connectivity index (χ0) is 20.8. The third-order valence-corrected chi connectivity index (χ3v) is 5.36. The van der Waals surface area contributed by atoms with E-state index in [1.165, 1.54) is 17.2 Å². The summed E-state index contributed by atoms with van der Waals surface area (Å²) >= 11 is 0. The number of hydrogen-bond donors (Lipinski definition) is 0. The predicted molar refractivity (Wildman–Crippen MR) is 114 cm³/mol. The van der Waals surface area contributed by atoms with Crippen molar-refractivity contribution in [2.75, 3.05) is 34.7 Å². The summed E-state index contributed by atoms with van der Waals surface area (Å²) in [5.74, 6) is -0.388. The lowest BCUT2D eigenvalue weighted by atomic mass is 10.1. The van der Waals surface area contributed by atoms with Crippen LogP contribution in [0.2, 0.25) is 0 Å². The van der Waals surface area contributed by atoms with Crippen molar-refractivity contribution in [3.05, 3.63) is 84.4 Å². The molecule has 0 heterocycles. The van der Waals surface area contributed by atoms with Gasteiger partial charge in [-0.3, -0.25) is 4.48 Å². The quantitative estimate of drug-likeness (QED) is 0.284. The van der Waals surface area contributed by atoms with Gasteiger partial charge in [0.05, 0.1) is 28.2 Å². The second kappa shape index (κ2) is 8.72. The van der Waals surface area contributed by atoms with Crippen LogP contribution in [-0.4, -0.2) is 55.4 Å². The first-order valence-corrected chi connectivity index (χ1v) is 9.65. The Morgan fingerprint density at radius 1 is 0.929 bits per heavy atom. The maximum Gasteiger partial charge on any atom is 0.335 e. The van der Waals surface area contributed by atoms with Gasteiger partial charge >= 0.3 is 5.97 Å². The van der Waals surface area contributed by atoms with Crippen molar-refractivity contribution in [1.82, 2.24) is 0 Å². The number of quaternary nitrogens is 2. The normalized spacial score (nSPS) is 14.2. The zero-order valence-electron chi connectivity index (χ0n) is 17.9. The summed E-state index contributed by atoms with van der Waals surface area (Å²) in [4.78, 5) is 12.2. The van der Waals surface area contributed by atoms with E-state index in [0.29, 0.717) is 15.5 Å². The molecule has 1 unspecified atom stereocenters. The molecule has 0 amide bonds. The molecule has 0 bridgehead atoms. The molecule has 0 fully saturated rings. The van der Waals surface area contributed by atoms with E-state index in [1.807, 2.05) is 31.2 Å². The lowest BCUT2D eigenvalue weighted by Crippen LogP contribution is -2.66. The van der Waals surface area contributed by atoms with Crippen molar-refractivity contribution < 1.29 is 18.5 Å². The fourth-order valence-corrected chi connectivity index (χ4v) is 3.74. The number of esters is 1. The van der Waals surface area contributed by atoms with Gasteiger partial charge in [-0.25, -0.2) is 4.79 Å². The Bertz CT molecular complexity index is 785. The van der Waals surface area contributed by atoms with E-state index < -0.39 is 5.72 Å². The second-order valence-corrected chi connectivity index (χ2v) is 8.87. The molecule has 28 heavy (non-hydrogen) atoms. The minimum Gasteiger partial charge on any atom is -0.401 e. The summed E-state index contributed by atoms with van der Waals surface area (Å²) < 4.78 is 7.21. The fourth-order valence-electron chi connectivity index (χ4n) is 3.74. The highest BCUT2D eigenvalue weighted by Gasteiger charge is 2.50. The Morgan fingerprint density at radius 3 is 1.86 bits per heavy atom. The molecule has 0 aliphatic carbocycles. The van der Waals surface area contributed by atoms with Crippen LogP contribution >= 0.6 is 0 Å². The maximum atomic E-state index is 12.2. The largest absolute Gasteiger partial charge is 0.401 e. The van der Waals surface area contributed by atoms with Gasteiger partial charge in [0, 0.05) is 24.1 Å². The summed E-state index contributed by atoms with van der Waals surface area (Å²) in [5, 5.41) is 0. The summed E-state index contributed by atoms with van der Waals surface area (Å²) in [6, 6.07) is 20.7. The molecule has 0 N–H and O–H groups in total. The first-order chi connectivity index (χ1) is 13.1. The third-order valence-electron chi connectivity index (χ3n) is 5.36. The van der Waals surface area contributed by atoms with E-state index in [9.17, 15) is 4.79 Å². The minimum atomic E-state index is -0.723. The Hall–Kier alpha value is -2.43. The molecule has 150 valence electrons. The number of carbonyl (C=O) groups excluding carboxylic acids is 1. The molecule has 0 saturated carbocycles. The van der Waals surface area contributed by atoms with Crippen LogP contribution in [0.1, 0.15) is 18.1 Å². The first-order valence-electron chi connectivity index (χ1n) is 9.65. The molecule has 0 aliphatic rings. The summed E-state index contributed by atoms with van der Waals surface area (Å²) in [6.45, 7) is 7.90. The second-order valence-electron chi connectivity index (χ2n) is 8.87. The van der Waals surface area contributed by atoms with Gasteiger partial charge in [-0.15, -0.1) is 0 Å². The number of ether oxygens (including phenoxy) is 1. The molecule has 0 aliphatic heterocycles. The number of likely N-dealkylation sites (N-methyl/N-ethyl adjacent to an activating group) is 2. The van der Waals surface area contributed by atoms with Crippen LogP contribution in [0.25, 0.3) is 0 Å². The van der Waals surface area contributed by atoms with Crippen molar-refractivity contribution >= 4 is 5.97 Å². The van der Waals surface area contributed by atoms with Crippen LogP contribution in [0.4, 0.5) is 0 Å². The first kappa shape index (κ1) is 21.9. The topological polar surface area (TPSA) is 26.3 Å². The van der Waals surface area contributed by atoms with Gasteiger partial charge in [-0.2, -0.15) is 0 Å². The van der Waals surface area contributed by atoms with E-state index in [1.54, 1.807) is 0 Å². The van der Waals surface area contributed by atoms with Crippen LogP contribution in [0, 0.1) is 0 Å². The van der Waals surface area contributed by atoms with E-state index in [0.717, 1.165) is 13.1 Å². The van der Waals surface area contributed by atoms with Gasteiger partial charge < -0.3 is 9.22 Å². The van der Waals surface area contributed by atoms with Crippen molar-refractivity contribution in [2.24, 2.45) is 0 Å². The average molecular weight is 383 g/mol. The third kappa shape index (κ3) is 5.78. The summed E-state index contributed by atoms with van der Waals surface area (Å²) in [6.07, 6.45) is 1.25. The number of rotatable bonds is 9. The molecule has 4 nitrogen and oxygen atoms in total. The number of hydrogen-bond acceptors (Lipinski definition) is 2. The monoisotopic (exact) mass is 382 g/mol. The number of carbonyl (C=O) groups is 1. The van der Waals surface area contributed by atoms with E-state index in [4.69, 9.17) is 4.74 Å². The highest BCUT2D eigenvalue weighted by atomic mass is 16.6. The van der Waals surface area contributed by atoms with Gasteiger partial charge in [0.25, 0.3) is 5.72 Å². The lowest BCUT2D eigenvalue weighted by Gasteiger charge is -2.47. The Balaban J connectivity index is 2.30. The Kier molecular flexibility index (Phi) is 6.81. The van der Waals surface area contributed by atoms with Gasteiger partial charge in [0.15, 0.2) is 6.54 Å². The summed E-state index contributed by atoms with van der Waals surface area (Å²) in [7, 11) is 8.59. The molecular formula is C24H34N2O2+2. The van der Waals surface area contributed by atoms with Crippen LogP contribution in [0.5, 0.6) is 0 Å². The molecule has 2 aromatic rings. The standard InChI is InChI=1S/C24H34N2O2/c1-7-23(27)28-24(2,26(5,6)19-22-16-12-9-13-17-22)20-25(3,4)18-21-14-10-8-11-15-21/h7-17H,1,18-20H2,2-6H3/q+2. The highest BCUT2D eigenvalue weighted by Crippen LogP contribution is 2.29. The van der Waals surface area contributed by atoms with Gasteiger partial charge in [0.2, 0.25) is 0 Å². The SMILES string of the molecule is C=CC(=O)OC(C)(C[N+](C)(C)Cc1ccccc1)[N+](C)(C)Cc1ccccc1. The van der Waals surface area contributed by atoms with E-state index in [-0.39, 0.29) is 5.97 Å². The van der Waals surface area contributed by atoms with Crippen molar-refractivity contribution in [2.45, 2.75) is 25.7 Å². The Labute approximate surface area is 169 Å². The number of benzene rings is 2. The van der Waals surface area contributed by atoms with Gasteiger partial charge in [0.1, 0.15) is 13.1 Å². The molecule has 0 radical (unpaired) electrons.